The Kier molecular flexibility index (Phi) is 4.52. The normalized spacial score (nSPS) is 21.0. The van der Waals surface area contributed by atoms with E-state index in [1.54, 1.807) is 0 Å². The minimum atomic E-state index is 0.0638. The molecule has 1 fully saturated rings. The van der Waals surface area contributed by atoms with E-state index in [-0.39, 0.29) is 11.9 Å². The molecule has 2 heterocycles. The Morgan fingerprint density at radius 2 is 2.09 bits per heavy atom. The first-order valence-electron chi connectivity index (χ1n) is 8.01. The third-order valence-electron chi connectivity index (χ3n) is 4.26. The molecular formula is C17H24N2O3. The third-order valence-corrected chi connectivity index (χ3v) is 4.26. The van der Waals surface area contributed by atoms with E-state index in [1.807, 2.05) is 23.1 Å². The number of hydrogen-bond donors (Lipinski definition) is 0. The number of likely N-dealkylation sites (N-methyl/N-ethyl adjacent to an activating group) is 1. The fourth-order valence-electron chi connectivity index (χ4n) is 3.28. The molecule has 1 aromatic carbocycles. The highest BCUT2D eigenvalue weighted by atomic mass is 16.6. The number of fused-ring (bicyclic) bond motifs is 1. The Morgan fingerprint density at radius 1 is 1.27 bits per heavy atom. The van der Waals surface area contributed by atoms with Gasteiger partial charge < -0.3 is 19.3 Å². The molecule has 5 heteroatoms. The van der Waals surface area contributed by atoms with Crippen LogP contribution in [0, 0.1) is 0 Å². The Bertz CT molecular complexity index is 545. The standard InChI is InChI=1S/C17H24N2O3/c1-18(2)12-13-6-3-4-9-19(13)17(20)14-7-5-8-15-16(14)22-11-10-21-15/h5,7-8,13H,3-4,6,9-12H2,1-2H3. The second-order valence-electron chi connectivity index (χ2n) is 6.24. The van der Waals surface area contributed by atoms with Gasteiger partial charge in [-0.2, -0.15) is 0 Å². The first-order valence-corrected chi connectivity index (χ1v) is 8.01. The van der Waals surface area contributed by atoms with Crippen molar-refractivity contribution in [3.63, 3.8) is 0 Å². The lowest BCUT2D eigenvalue weighted by Gasteiger charge is -2.37. The van der Waals surface area contributed by atoms with Crippen LogP contribution in [-0.2, 0) is 0 Å². The molecule has 1 amide bonds. The van der Waals surface area contributed by atoms with Crippen LogP contribution in [0.1, 0.15) is 29.6 Å². The number of ether oxygens (including phenoxy) is 2. The topological polar surface area (TPSA) is 42.0 Å². The molecule has 0 N–H and O–H groups in total. The van der Waals surface area contributed by atoms with Crippen molar-refractivity contribution in [1.82, 2.24) is 9.80 Å². The number of amides is 1. The number of likely N-dealkylation sites (tertiary alicyclic amines) is 1. The summed E-state index contributed by atoms with van der Waals surface area (Å²) in [5.41, 5.74) is 0.628. The smallest absolute Gasteiger partial charge is 0.258 e. The molecule has 1 aromatic rings. The van der Waals surface area contributed by atoms with Crippen molar-refractivity contribution in [2.75, 3.05) is 40.4 Å². The van der Waals surface area contributed by atoms with Crippen molar-refractivity contribution in [2.24, 2.45) is 0 Å². The Hall–Kier alpha value is -1.75. The van der Waals surface area contributed by atoms with Crippen molar-refractivity contribution < 1.29 is 14.3 Å². The maximum absolute atomic E-state index is 13.0. The predicted octanol–water partition coefficient (Wildman–Crippen LogP) is 2.01. The molecule has 0 aromatic heterocycles. The number of para-hydroxylation sites is 1. The zero-order valence-corrected chi connectivity index (χ0v) is 13.4. The van der Waals surface area contributed by atoms with Crippen LogP contribution in [0.4, 0.5) is 0 Å². The molecule has 120 valence electrons. The summed E-state index contributed by atoms with van der Waals surface area (Å²) in [5, 5.41) is 0. The Labute approximate surface area is 131 Å². The quantitative estimate of drug-likeness (QED) is 0.857. The predicted molar refractivity (Wildman–Crippen MR) is 84.7 cm³/mol. The van der Waals surface area contributed by atoms with Crippen LogP contribution in [0.5, 0.6) is 11.5 Å². The van der Waals surface area contributed by atoms with Crippen molar-refractivity contribution in [2.45, 2.75) is 25.3 Å². The van der Waals surface area contributed by atoms with Crippen LogP contribution in [0.15, 0.2) is 18.2 Å². The highest BCUT2D eigenvalue weighted by molar-refractivity contribution is 5.98. The fraction of sp³-hybridized carbons (Fsp3) is 0.588. The lowest BCUT2D eigenvalue weighted by Crippen LogP contribution is -2.48. The highest BCUT2D eigenvalue weighted by Gasteiger charge is 2.30. The lowest BCUT2D eigenvalue weighted by molar-refractivity contribution is 0.0565. The Morgan fingerprint density at radius 3 is 2.91 bits per heavy atom. The van der Waals surface area contributed by atoms with E-state index in [9.17, 15) is 4.79 Å². The summed E-state index contributed by atoms with van der Waals surface area (Å²) in [6, 6.07) is 5.85. The van der Waals surface area contributed by atoms with Crippen molar-refractivity contribution in [3.8, 4) is 11.5 Å². The molecular weight excluding hydrogens is 280 g/mol. The molecule has 1 unspecified atom stereocenters. The van der Waals surface area contributed by atoms with Crippen LogP contribution in [-0.4, -0.2) is 62.1 Å². The second-order valence-corrected chi connectivity index (χ2v) is 6.24. The molecule has 0 aliphatic carbocycles. The van der Waals surface area contributed by atoms with Gasteiger partial charge in [-0.3, -0.25) is 4.79 Å². The van der Waals surface area contributed by atoms with Gasteiger partial charge in [0, 0.05) is 19.1 Å². The zero-order valence-electron chi connectivity index (χ0n) is 13.4. The van der Waals surface area contributed by atoms with Gasteiger partial charge in [0.05, 0.1) is 5.56 Å². The van der Waals surface area contributed by atoms with Crippen LogP contribution in [0.2, 0.25) is 0 Å². The number of rotatable bonds is 3. The van der Waals surface area contributed by atoms with Gasteiger partial charge in [0.25, 0.3) is 5.91 Å². The van der Waals surface area contributed by atoms with Crippen LogP contribution < -0.4 is 9.47 Å². The summed E-state index contributed by atoms with van der Waals surface area (Å²) < 4.78 is 11.3. The van der Waals surface area contributed by atoms with E-state index >= 15 is 0 Å². The minimum Gasteiger partial charge on any atom is -0.486 e. The summed E-state index contributed by atoms with van der Waals surface area (Å²) in [6.45, 7) is 2.76. The summed E-state index contributed by atoms with van der Waals surface area (Å²) in [7, 11) is 4.11. The van der Waals surface area contributed by atoms with Gasteiger partial charge >= 0.3 is 0 Å². The van der Waals surface area contributed by atoms with E-state index in [1.165, 1.54) is 6.42 Å². The maximum Gasteiger partial charge on any atom is 0.258 e. The molecule has 2 aliphatic rings. The zero-order chi connectivity index (χ0) is 15.5. The van der Waals surface area contributed by atoms with Crippen molar-refractivity contribution >= 4 is 5.91 Å². The summed E-state index contributed by atoms with van der Waals surface area (Å²) in [4.78, 5) is 17.2. The highest BCUT2D eigenvalue weighted by Crippen LogP contribution is 2.35. The molecule has 1 saturated heterocycles. The molecule has 0 spiro atoms. The first-order chi connectivity index (χ1) is 10.7. The number of hydrogen-bond acceptors (Lipinski definition) is 4. The van der Waals surface area contributed by atoms with Gasteiger partial charge in [-0.15, -0.1) is 0 Å². The molecule has 1 atom stereocenters. The molecule has 0 bridgehead atoms. The van der Waals surface area contributed by atoms with Gasteiger partial charge in [-0.1, -0.05) is 6.07 Å². The van der Waals surface area contributed by atoms with Gasteiger partial charge in [0.2, 0.25) is 0 Å². The number of nitrogens with zero attached hydrogens (tertiary/aromatic N) is 2. The maximum atomic E-state index is 13.0. The summed E-state index contributed by atoms with van der Waals surface area (Å²) in [5.74, 6) is 1.35. The first kappa shape index (κ1) is 15.2. The number of carbonyl (C=O) groups is 1. The van der Waals surface area contributed by atoms with Gasteiger partial charge in [0.15, 0.2) is 11.5 Å². The SMILES string of the molecule is CN(C)CC1CCCCN1C(=O)c1cccc2c1OCCO2. The van der Waals surface area contributed by atoms with Crippen molar-refractivity contribution in [3.05, 3.63) is 23.8 Å². The van der Waals surface area contributed by atoms with Gasteiger partial charge in [0.1, 0.15) is 13.2 Å². The van der Waals surface area contributed by atoms with Crippen LogP contribution in [0.25, 0.3) is 0 Å². The minimum absolute atomic E-state index is 0.0638. The Balaban J connectivity index is 1.86. The number of piperidine rings is 1. The molecule has 2 aliphatic heterocycles. The van der Waals surface area contributed by atoms with E-state index in [4.69, 9.17) is 9.47 Å². The molecule has 0 saturated carbocycles. The second kappa shape index (κ2) is 6.57. The summed E-state index contributed by atoms with van der Waals surface area (Å²) in [6.07, 6.45) is 3.33. The van der Waals surface area contributed by atoms with E-state index < -0.39 is 0 Å². The monoisotopic (exact) mass is 304 g/mol. The van der Waals surface area contributed by atoms with E-state index in [0.717, 1.165) is 25.9 Å². The van der Waals surface area contributed by atoms with Crippen LogP contribution in [0.3, 0.4) is 0 Å². The van der Waals surface area contributed by atoms with Crippen LogP contribution >= 0.6 is 0 Å². The van der Waals surface area contributed by atoms with Gasteiger partial charge in [-0.25, -0.2) is 0 Å². The molecule has 0 radical (unpaired) electrons. The average Bonchev–Trinajstić information content (AvgIpc) is 2.54. The summed E-state index contributed by atoms with van der Waals surface area (Å²) >= 11 is 0. The number of carbonyl (C=O) groups excluding carboxylic acids is 1. The molecule has 3 rings (SSSR count). The molecule has 5 nitrogen and oxygen atoms in total. The largest absolute Gasteiger partial charge is 0.486 e. The van der Waals surface area contributed by atoms with Crippen molar-refractivity contribution in [1.29, 1.82) is 0 Å². The third kappa shape index (κ3) is 3.04. The lowest BCUT2D eigenvalue weighted by atomic mass is 10.00. The van der Waals surface area contributed by atoms with E-state index in [0.29, 0.717) is 30.3 Å². The van der Waals surface area contributed by atoms with E-state index in [2.05, 4.69) is 19.0 Å². The van der Waals surface area contributed by atoms with Gasteiger partial charge in [-0.05, 0) is 45.5 Å². The average molecular weight is 304 g/mol. The molecule has 22 heavy (non-hydrogen) atoms. The number of benzene rings is 1. The fourth-order valence-corrected chi connectivity index (χ4v) is 3.28.